The van der Waals surface area contributed by atoms with Gasteiger partial charge in [0.15, 0.2) is 5.03 Å². The van der Waals surface area contributed by atoms with Crippen LogP contribution in [0, 0.1) is 10.1 Å². The number of halogens is 1. The molecule has 0 unspecified atom stereocenters. The molecule has 12 heavy (non-hydrogen) atoms. The summed E-state index contributed by atoms with van der Waals surface area (Å²) in [5, 5.41) is 10.2. The number of benzene rings is 1. The summed E-state index contributed by atoms with van der Waals surface area (Å²) in [6.45, 7) is 0. The molecule has 0 fully saturated rings. The van der Waals surface area contributed by atoms with E-state index >= 15 is 0 Å². The van der Waals surface area contributed by atoms with E-state index in [4.69, 9.17) is 0 Å². The molecule has 0 aromatic heterocycles. The van der Waals surface area contributed by atoms with Crippen LogP contribution in [0.2, 0.25) is 0 Å². The molecular formula is C7H7BrN2O2. The topological polar surface area (TPSA) is 55.2 Å². The van der Waals surface area contributed by atoms with Gasteiger partial charge in [-0.2, -0.15) is 0 Å². The summed E-state index contributed by atoms with van der Waals surface area (Å²) in [7, 11) is 0. The lowest BCUT2D eigenvalue weighted by Gasteiger charge is -1.98. The molecule has 0 atom stereocenters. The lowest BCUT2D eigenvalue weighted by atomic mass is 10.2. The third-order valence-electron chi connectivity index (χ3n) is 1.30. The van der Waals surface area contributed by atoms with Gasteiger partial charge in [0.05, 0.1) is 0 Å². The van der Waals surface area contributed by atoms with E-state index in [9.17, 15) is 10.1 Å². The summed E-state index contributed by atoms with van der Waals surface area (Å²) >= 11 is 3.26. The zero-order valence-electron chi connectivity index (χ0n) is 6.16. The van der Waals surface area contributed by atoms with Crippen molar-refractivity contribution in [3.63, 3.8) is 0 Å². The first-order valence-electron chi connectivity index (χ1n) is 3.28. The van der Waals surface area contributed by atoms with Crippen LogP contribution in [0.5, 0.6) is 0 Å². The molecule has 0 amide bonds. The van der Waals surface area contributed by atoms with Gasteiger partial charge in [-0.15, -0.1) is 5.43 Å². The van der Waals surface area contributed by atoms with Crippen LogP contribution in [0.25, 0.3) is 0 Å². The second kappa shape index (κ2) is 4.06. The highest BCUT2D eigenvalue weighted by molar-refractivity contribution is 9.08. The highest BCUT2D eigenvalue weighted by Gasteiger charge is 1.98. The van der Waals surface area contributed by atoms with Crippen molar-refractivity contribution in [3.8, 4) is 0 Å². The monoisotopic (exact) mass is 230 g/mol. The number of hydrogen-bond acceptors (Lipinski definition) is 2. The number of alkyl halides is 1. The van der Waals surface area contributed by atoms with Gasteiger partial charge in [-0.25, -0.2) is 10.1 Å². The Labute approximate surface area is 77.8 Å². The molecule has 0 heterocycles. The molecule has 1 aromatic rings. The Kier molecular flexibility index (Phi) is 3.04. The molecule has 1 rings (SSSR count). The number of hydrazine groups is 1. The van der Waals surface area contributed by atoms with Gasteiger partial charge in [0.1, 0.15) is 5.69 Å². The van der Waals surface area contributed by atoms with E-state index in [-0.39, 0.29) is 0 Å². The lowest BCUT2D eigenvalue weighted by Crippen LogP contribution is -2.07. The van der Waals surface area contributed by atoms with Crippen LogP contribution in [0.3, 0.4) is 0 Å². The van der Waals surface area contributed by atoms with Gasteiger partial charge >= 0.3 is 0 Å². The minimum Gasteiger partial charge on any atom is -0.235 e. The Morgan fingerprint density at radius 2 is 2.33 bits per heavy atom. The van der Waals surface area contributed by atoms with Gasteiger partial charge in [0.25, 0.3) is 0 Å². The minimum absolute atomic E-state index is 0.497. The third kappa shape index (κ3) is 2.50. The summed E-state index contributed by atoms with van der Waals surface area (Å²) in [5.74, 6) is 0. The maximum Gasteiger partial charge on any atom is 0.162 e. The number of rotatable bonds is 3. The Bertz CT molecular complexity index is 290. The van der Waals surface area contributed by atoms with Gasteiger partial charge in [0, 0.05) is 5.33 Å². The van der Waals surface area contributed by atoms with E-state index in [0.29, 0.717) is 11.0 Å². The van der Waals surface area contributed by atoms with Crippen molar-refractivity contribution in [2.24, 2.45) is 0 Å². The van der Waals surface area contributed by atoms with Crippen LogP contribution in [-0.2, 0) is 5.33 Å². The Morgan fingerprint density at radius 3 is 2.92 bits per heavy atom. The van der Waals surface area contributed by atoms with Gasteiger partial charge in [-0.3, -0.25) is 0 Å². The fourth-order valence-electron chi connectivity index (χ4n) is 0.829. The molecule has 64 valence electrons. The molecule has 0 radical (unpaired) electrons. The van der Waals surface area contributed by atoms with E-state index in [1.807, 2.05) is 6.07 Å². The molecule has 0 saturated heterocycles. The standard InChI is InChI=1S/C7H7BrN2O2/c8-5-6-2-1-3-7(4-6)9-10(11)12/h1-4,9H,5H2. The second-order valence-corrected chi connectivity index (χ2v) is 2.76. The van der Waals surface area contributed by atoms with E-state index in [1.54, 1.807) is 18.2 Å². The van der Waals surface area contributed by atoms with Crippen molar-refractivity contribution in [1.29, 1.82) is 0 Å². The zero-order valence-corrected chi connectivity index (χ0v) is 7.74. The van der Waals surface area contributed by atoms with Gasteiger partial charge in [-0.05, 0) is 17.7 Å². The minimum atomic E-state index is -0.576. The molecule has 0 saturated carbocycles. The SMILES string of the molecule is O=[N+]([O-])Nc1cccc(CBr)c1. The Hall–Kier alpha value is -1.10. The van der Waals surface area contributed by atoms with Crippen LogP contribution >= 0.6 is 15.9 Å². The molecular weight excluding hydrogens is 224 g/mol. The molecule has 0 aliphatic rings. The van der Waals surface area contributed by atoms with Crippen LogP contribution in [-0.4, -0.2) is 5.03 Å². The summed E-state index contributed by atoms with van der Waals surface area (Å²) in [6.07, 6.45) is 0. The molecule has 1 N–H and O–H groups in total. The normalized spacial score (nSPS) is 9.42. The molecule has 0 aliphatic carbocycles. The fraction of sp³-hybridized carbons (Fsp3) is 0.143. The van der Waals surface area contributed by atoms with Crippen molar-refractivity contribution in [1.82, 2.24) is 0 Å². The summed E-state index contributed by atoms with van der Waals surface area (Å²) in [6, 6.07) is 7.02. The number of nitro groups is 1. The molecule has 0 bridgehead atoms. The van der Waals surface area contributed by atoms with E-state index < -0.39 is 5.03 Å². The van der Waals surface area contributed by atoms with Crippen molar-refractivity contribution in [2.45, 2.75) is 5.33 Å². The highest BCUT2D eigenvalue weighted by atomic mass is 79.9. The average molecular weight is 231 g/mol. The first-order chi connectivity index (χ1) is 5.72. The van der Waals surface area contributed by atoms with Crippen LogP contribution < -0.4 is 5.43 Å². The Morgan fingerprint density at radius 1 is 1.58 bits per heavy atom. The quantitative estimate of drug-likeness (QED) is 0.492. The molecule has 5 heteroatoms. The first kappa shape index (κ1) is 8.99. The number of anilines is 1. The maximum atomic E-state index is 10.1. The van der Waals surface area contributed by atoms with Crippen molar-refractivity contribution < 1.29 is 5.03 Å². The van der Waals surface area contributed by atoms with E-state index in [0.717, 1.165) is 5.56 Å². The molecule has 4 nitrogen and oxygen atoms in total. The van der Waals surface area contributed by atoms with Crippen LogP contribution in [0.15, 0.2) is 24.3 Å². The van der Waals surface area contributed by atoms with E-state index in [1.165, 1.54) is 0 Å². The zero-order chi connectivity index (χ0) is 8.97. The predicted molar refractivity (Wildman–Crippen MR) is 49.7 cm³/mol. The number of hydrogen-bond donors (Lipinski definition) is 1. The largest absolute Gasteiger partial charge is 0.235 e. The second-order valence-electron chi connectivity index (χ2n) is 2.20. The average Bonchev–Trinajstić information content (AvgIpc) is 2.03. The van der Waals surface area contributed by atoms with Crippen molar-refractivity contribution >= 4 is 21.6 Å². The van der Waals surface area contributed by atoms with Crippen molar-refractivity contribution in [3.05, 3.63) is 39.9 Å². The fourth-order valence-corrected chi connectivity index (χ4v) is 1.18. The summed E-state index contributed by atoms with van der Waals surface area (Å²) in [5.41, 5.74) is 3.58. The summed E-state index contributed by atoms with van der Waals surface area (Å²) < 4.78 is 0. The number of nitrogens with one attached hydrogen (secondary N) is 1. The van der Waals surface area contributed by atoms with Gasteiger partial charge < -0.3 is 0 Å². The maximum absolute atomic E-state index is 10.1. The molecule has 1 aromatic carbocycles. The first-order valence-corrected chi connectivity index (χ1v) is 4.40. The van der Waals surface area contributed by atoms with Crippen LogP contribution in [0.1, 0.15) is 5.56 Å². The smallest absolute Gasteiger partial charge is 0.162 e. The third-order valence-corrected chi connectivity index (χ3v) is 1.95. The van der Waals surface area contributed by atoms with Crippen molar-refractivity contribution in [2.75, 3.05) is 5.43 Å². The van der Waals surface area contributed by atoms with E-state index in [2.05, 4.69) is 21.4 Å². The van der Waals surface area contributed by atoms with Gasteiger partial charge in [-0.1, -0.05) is 28.1 Å². The Balaban J connectivity index is 2.79. The molecule has 0 aliphatic heterocycles. The molecule has 0 spiro atoms. The van der Waals surface area contributed by atoms with Gasteiger partial charge in [0.2, 0.25) is 0 Å². The highest BCUT2D eigenvalue weighted by Crippen LogP contribution is 2.12. The number of nitrogens with zero attached hydrogens (tertiary/aromatic N) is 1. The summed E-state index contributed by atoms with van der Waals surface area (Å²) in [4.78, 5) is 10.1. The lowest BCUT2D eigenvalue weighted by molar-refractivity contribution is -0.445. The predicted octanol–water partition coefficient (Wildman–Crippen LogP) is 2.19. The van der Waals surface area contributed by atoms with Crippen LogP contribution in [0.4, 0.5) is 5.69 Å².